The summed E-state index contributed by atoms with van der Waals surface area (Å²) < 4.78 is 1.43. The first-order valence-corrected chi connectivity index (χ1v) is 6.82. The zero-order valence-electron chi connectivity index (χ0n) is 11.5. The molecule has 0 spiro atoms. The maximum absolute atomic E-state index is 12.2. The van der Waals surface area contributed by atoms with Crippen molar-refractivity contribution in [1.82, 2.24) is 20.3 Å². The summed E-state index contributed by atoms with van der Waals surface area (Å²) in [6.45, 7) is 5.60. The SMILES string of the molecule is CCC(CC)NCCn1nnc2ccccc2c1=O. The second-order valence-corrected chi connectivity index (χ2v) is 4.60. The predicted molar refractivity (Wildman–Crippen MR) is 76.2 cm³/mol. The van der Waals surface area contributed by atoms with Crippen molar-refractivity contribution >= 4 is 10.9 Å². The molecule has 0 amide bonds. The summed E-state index contributed by atoms with van der Waals surface area (Å²) in [4.78, 5) is 12.2. The van der Waals surface area contributed by atoms with Crippen LogP contribution in [-0.2, 0) is 6.54 Å². The molecule has 0 bridgehead atoms. The van der Waals surface area contributed by atoms with Crippen molar-refractivity contribution in [1.29, 1.82) is 0 Å². The molecule has 1 heterocycles. The van der Waals surface area contributed by atoms with Gasteiger partial charge in [0.05, 0.1) is 11.9 Å². The van der Waals surface area contributed by atoms with Gasteiger partial charge in [0.25, 0.3) is 5.56 Å². The van der Waals surface area contributed by atoms with Gasteiger partial charge < -0.3 is 5.32 Å². The van der Waals surface area contributed by atoms with Crippen molar-refractivity contribution in [2.45, 2.75) is 39.3 Å². The van der Waals surface area contributed by atoms with Crippen LogP contribution >= 0.6 is 0 Å². The van der Waals surface area contributed by atoms with Gasteiger partial charge in [-0.1, -0.05) is 31.2 Å². The average Bonchev–Trinajstić information content (AvgIpc) is 2.46. The van der Waals surface area contributed by atoms with Crippen molar-refractivity contribution in [3.8, 4) is 0 Å². The third-order valence-corrected chi connectivity index (χ3v) is 3.37. The topological polar surface area (TPSA) is 59.8 Å². The number of benzene rings is 1. The highest BCUT2D eigenvalue weighted by Crippen LogP contribution is 2.03. The lowest BCUT2D eigenvalue weighted by Crippen LogP contribution is -2.34. The highest BCUT2D eigenvalue weighted by Gasteiger charge is 2.06. The lowest BCUT2D eigenvalue weighted by molar-refractivity contribution is 0.441. The van der Waals surface area contributed by atoms with E-state index >= 15 is 0 Å². The Kier molecular flexibility index (Phi) is 4.63. The molecule has 0 atom stereocenters. The van der Waals surface area contributed by atoms with E-state index in [0.717, 1.165) is 19.4 Å². The Hall–Kier alpha value is -1.75. The minimum atomic E-state index is -0.0723. The van der Waals surface area contributed by atoms with Crippen LogP contribution in [0.4, 0.5) is 0 Å². The third kappa shape index (κ3) is 3.17. The Bertz CT molecular complexity index is 589. The summed E-state index contributed by atoms with van der Waals surface area (Å²) in [7, 11) is 0. The zero-order chi connectivity index (χ0) is 13.7. The number of fused-ring (bicyclic) bond motifs is 1. The van der Waals surface area contributed by atoms with E-state index in [9.17, 15) is 4.79 Å². The lowest BCUT2D eigenvalue weighted by Gasteiger charge is -2.14. The van der Waals surface area contributed by atoms with E-state index < -0.39 is 0 Å². The maximum atomic E-state index is 12.2. The molecule has 1 N–H and O–H groups in total. The fraction of sp³-hybridized carbons (Fsp3) is 0.500. The molecular formula is C14H20N4O. The number of hydrogen-bond acceptors (Lipinski definition) is 4. The Labute approximate surface area is 112 Å². The van der Waals surface area contributed by atoms with Crippen LogP contribution in [0.3, 0.4) is 0 Å². The van der Waals surface area contributed by atoms with E-state index in [0.29, 0.717) is 23.5 Å². The standard InChI is InChI=1S/C14H20N4O/c1-3-11(4-2)15-9-10-18-14(19)12-7-5-6-8-13(12)16-17-18/h5-8,11,15H,3-4,9-10H2,1-2H3. The normalized spacial score (nSPS) is 11.3. The molecule has 0 fully saturated rings. The molecule has 1 aromatic carbocycles. The Balaban J connectivity index is 2.09. The molecule has 19 heavy (non-hydrogen) atoms. The second-order valence-electron chi connectivity index (χ2n) is 4.60. The van der Waals surface area contributed by atoms with Crippen molar-refractivity contribution in [3.05, 3.63) is 34.6 Å². The van der Waals surface area contributed by atoms with Crippen LogP contribution in [0.5, 0.6) is 0 Å². The number of aromatic nitrogens is 3. The monoisotopic (exact) mass is 260 g/mol. The molecule has 0 saturated carbocycles. The molecule has 5 nitrogen and oxygen atoms in total. The van der Waals surface area contributed by atoms with Crippen molar-refractivity contribution in [2.24, 2.45) is 0 Å². The summed E-state index contributed by atoms with van der Waals surface area (Å²) in [6, 6.07) is 7.80. The van der Waals surface area contributed by atoms with Crippen molar-refractivity contribution in [3.63, 3.8) is 0 Å². The summed E-state index contributed by atoms with van der Waals surface area (Å²) in [5, 5.41) is 12.1. The van der Waals surface area contributed by atoms with E-state index in [1.165, 1.54) is 4.68 Å². The van der Waals surface area contributed by atoms with Gasteiger partial charge in [-0.3, -0.25) is 4.79 Å². The van der Waals surface area contributed by atoms with Gasteiger partial charge in [0.2, 0.25) is 0 Å². The molecule has 0 aliphatic rings. The predicted octanol–water partition coefficient (Wildman–Crippen LogP) is 1.57. The molecule has 2 rings (SSSR count). The van der Waals surface area contributed by atoms with Crippen LogP contribution in [0.1, 0.15) is 26.7 Å². The highest BCUT2D eigenvalue weighted by molar-refractivity contribution is 5.76. The zero-order valence-corrected chi connectivity index (χ0v) is 11.5. The Morgan fingerprint density at radius 2 is 2.00 bits per heavy atom. The summed E-state index contributed by atoms with van der Waals surface area (Å²) in [6.07, 6.45) is 2.18. The average molecular weight is 260 g/mol. The molecule has 5 heteroatoms. The van der Waals surface area contributed by atoms with Gasteiger partial charge in [-0.2, -0.15) is 0 Å². The smallest absolute Gasteiger partial charge is 0.277 e. The second kappa shape index (κ2) is 6.43. The molecule has 2 aromatic rings. The fourth-order valence-electron chi connectivity index (χ4n) is 2.12. The highest BCUT2D eigenvalue weighted by atomic mass is 16.1. The maximum Gasteiger partial charge on any atom is 0.277 e. The van der Waals surface area contributed by atoms with Gasteiger partial charge >= 0.3 is 0 Å². The molecule has 0 aliphatic heterocycles. The summed E-state index contributed by atoms with van der Waals surface area (Å²) in [5.41, 5.74) is 0.577. The number of nitrogens with zero attached hydrogens (tertiary/aromatic N) is 3. The number of rotatable bonds is 6. The van der Waals surface area contributed by atoms with Crippen LogP contribution in [0.2, 0.25) is 0 Å². The molecule has 0 saturated heterocycles. The van der Waals surface area contributed by atoms with Crippen LogP contribution < -0.4 is 10.9 Å². The first-order chi connectivity index (χ1) is 9.26. The van der Waals surface area contributed by atoms with Crippen LogP contribution in [0.15, 0.2) is 29.1 Å². The first-order valence-electron chi connectivity index (χ1n) is 6.82. The Morgan fingerprint density at radius 1 is 1.26 bits per heavy atom. The minimum Gasteiger partial charge on any atom is -0.312 e. The molecule has 0 aliphatic carbocycles. The molecular weight excluding hydrogens is 240 g/mol. The van der Waals surface area contributed by atoms with E-state index in [4.69, 9.17) is 0 Å². The van der Waals surface area contributed by atoms with Crippen molar-refractivity contribution in [2.75, 3.05) is 6.54 Å². The van der Waals surface area contributed by atoms with Gasteiger partial charge in [0, 0.05) is 12.6 Å². The van der Waals surface area contributed by atoms with Gasteiger partial charge in [0.1, 0.15) is 5.52 Å². The van der Waals surface area contributed by atoms with Gasteiger partial charge in [-0.15, -0.1) is 5.10 Å². The summed E-state index contributed by atoms with van der Waals surface area (Å²) >= 11 is 0. The van der Waals surface area contributed by atoms with Crippen molar-refractivity contribution < 1.29 is 0 Å². The Morgan fingerprint density at radius 3 is 2.74 bits per heavy atom. The number of nitrogens with one attached hydrogen (secondary N) is 1. The van der Waals surface area contributed by atoms with Crippen LogP contribution in [-0.4, -0.2) is 27.6 Å². The summed E-state index contributed by atoms with van der Waals surface area (Å²) in [5.74, 6) is 0. The quantitative estimate of drug-likeness (QED) is 0.856. The number of hydrogen-bond donors (Lipinski definition) is 1. The van der Waals surface area contributed by atoms with E-state index in [1.807, 2.05) is 12.1 Å². The molecule has 0 radical (unpaired) electrons. The van der Waals surface area contributed by atoms with E-state index in [1.54, 1.807) is 12.1 Å². The largest absolute Gasteiger partial charge is 0.312 e. The third-order valence-electron chi connectivity index (χ3n) is 3.37. The lowest BCUT2D eigenvalue weighted by atomic mass is 10.2. The van der Waals surface area contributed by atoms with Gasteiger partial charge in [-0.05, 0) is 25.0 Å². The molecule has 0 unspecified atom stereocenters. The van der Waals surface area contributed by atoms with Gasteiger partial charge in [-0.25, -0.2) is 4.68 Å². The molecule has 1 aromatic heterocycles. The van der Waals surface area contributed by atoms with Crippen LogP contribution in [0, 0.1) is 0 Å². The molecule has 102 valence electrons. The minimum absolute atomic E-state index is 0.0723. The van der Waals surface area contributed by atoms with Crippen LogP contribution in [0.25, 0.3) is 10.9 Å². The van der Waals surface area contributed by atoms with E-state index in [-0.39, 0.29) is 5.56 Å². The fourth-order valence-corrected chi connectivity index (χ4v) is 2.12. The first kappa shape index (κ1) is 13.7. The van der Waals surface area contributed by atoms with Gasteiger partial charge in [0.15, 0.2) is 0 Å². The van der Waals surface area contributed by atoms with E-state index in [2.05, 4.69) is 29.5 Å².